The molecule has 116 valence electrons. The van der Waals surface area contributed by atoms with Crippen LogP contribution < -0.4 is 5.32 Å². The minimum absolute atomic E-state index is 0.0124. The van der Waals surface area contributed by atoms with E-state index in [0.29, 0.717) is 13.0 Å². The molecule has 1 unspecified atom stereocenters. The number of aliphatic hydroxyl groups is 1. The lowest BCUT2D eigenvalue weighted by Gasteiger charge is -2.21. The Morgan fingerprint density at radius 1 is 1.33 bits per heavy atom. The molecule has 1 amide bonds. The van der Waals surface area contributed by atoms with E-state index in [1.165, 1.54) is 18.4 Å². The van der Waals surface area contributed by atoms with Gasteiger partial charge in [-0.25, -0.2) is 0 Å². The molecular formula is C17H25NO2S. The number of aryl methyl sites for hydroxylation is 1. The van der Waals surface area contributed by atoms with Crippen LogP contribution in [0, 0.1) is 0 Å². The van der Waals surface area contributed by atoms with Crippen LogP contribution in [-0.4, -0.2) is 34.7 Å². The molecule has 1 atom stereocenters. The Balaban J connectivity index is 1.76. The van der Waals surface area contributed by atoms with Crippen LogP contribution in [0.2, 0.25) is 0 Å². The zero-order valence-corrected chi connectivity index (χ0v) is 13.5. The predicted molar refractivity (Wildman–Crippen MR) is 88.7 cm³/mol. The second-order valence-corrected chi connectivity index (χ2v) is 7.01. The van der Waals surface area contributed by atoms with Gasteiger partial charge < -0.3 is 10.4 Å². The number of nitrogens with one attached hydrogen (secondary N) is 1. The summed E-state index contributed by atoms with van der Waals surface area (Å²) < 4.78 is 0. The van der Waals surface area contributed by atoms with E-state index >= 15 is 0 Å². The first kappa shape index (κ1) is 16.4. The SMILES string of the molecule is CCCCc1ccc(CC(=O)NCC2(O)CCSC2)cc1. The van der Waals surface area contributed by atoms with Crippen molar-refractivity contribution in [2.24, 2.45) is 0 Å². The number of amides is 1. The lowest BCUT2D eigenvalue weighted by molar-refractivity contribution is -0.121. The molecule has 1 aliphatic rings. The molecule has 2 rings (SSSR count). The Kier molecular flexibility index (Phi) is 6.12. The quantitative estimate of drug-likeness (QED) is 0.814. The minimum atomic E-state index is -0.704. The number of hydrogen-bond acceptors (Lipinski definition) is 3. The molecule has 0 aromatic heterocycles. The van der Waals surface area contributed by atoms with Crippen LogP contribution in [0.1, 0.15) is 37.3 Å². The van der Waals surface area contributed by atoms with Gasteiger partial charge in [-0.05, 0) is 36.1 Å². The fourth-order valence-electron chi connectivity index (χ4n) is 2.45. The third-order valence-corrected chi connectivity index (χ3v) is 5.14. The second kappa shape index (κ2) is 7.85. The minimum Gasteiger partial charge on any atom is -0.387 e. The van der Waals surface area contributed by atoms with E-state index < -0.39 is 5.60 Å². The molecule has 1 aromatic rings. The topological polar surface area (TPSA) is 49.3 Å². The third-order valence-electron chi connectivity index (χ3n) is 3.90. The van der Waals surface area contributed by atoms with Crippen LogP contribution in [0.25, 0.3) is 0 Å². The summed E-state index contributed by atoms with van der Waals surface area (Å²) in [5, 5.41) is 13.0. The molecule has 0 radical (unpaired) electrons. The average molecular weight is 307 g/mol. The van der Waals surface area contributed by atoms with Crippen molar-refractivity contribution in [3.05, 3.63) is 35.4 Å². The molecule has 2 N–H and O–H groups in total. The van der Waals surface area contributed by atoms with Crippen LogP contribution >= 0.6 is 11.8 Å². The second-order valence-electron chi connectivity index (χ2n) is 5.90. The summed E-state index contributed by atoms with van der Waals surface area (Å²) in [7, 11) is 0. The van der Waals surface area contributed by atoms with Crippen molar-refractivity contribution in [3.8, 4) is 0 Å². The first-order valence-electron chi connectivity index (χ1n) is 7.76. The molecular weight excluding hydrogens is 282 g/mol. The summed E-state index contributed by atoms with van der Waals surface area (Å²) in [6.07, 6.45) is 4.66. The van der Waals surface area contributed by atoms with Gasteiger partial charge in [0.1, 0.15) is 0 Å². The summed E-state index contributed by atoms with van der Waals surface area (Å²) in [5.74, 6) is 1.69. The van der Waals surface area contributed by atoms with Gasteiger partial charge in [-0.1, -0.05) is 37.6 Å². The highest BCUT2D eigenvalue weighted by atomic mass is 32.2. The van der Waals surface area contributed by atoms with Crippen LogP contribution in [0.3, 0.4) is 0 Å². The number of rotatable bonds is 7. The normalized spacial score (nSPS) is 21.4. The first-order chi connectivity index (χ1) is 10.1. The van der Waals surface area contributed by atoms with Crippen LogP contribution in [-0.2, 0) is 17.6 Å². The summed E-state index contributed by atoms with van der Waals surface area (Å²) in [6.45, 7) is 2.56. The number of hydrogen-bond donors (Lipinski definition) is 2. The molecule has 1 aliphatic heterocycles. The maximum Gasteiger partial charge on any atom is 0.224 e. The molecule has 1 heterocycles. The third kappa shape index (κ3) is 5.36. The Morgan fingerprint density at radius 3 is 2.67 bits per heavy atom. The van der Waals surface area contributed by atoms with E-state index in [0.717, 1.165) is 29.9 Å². The predicted octanol–water partition coefficient (Wildman–Crippen LogP) is 2.56. The van der Waals surface area contributed by atoms with Gasteiger partial charge in [0.2, 0.25) is 5.91 Å². The van der Waals surface area contributed by atoms with Crippen molar-refractivity contribution in [1.29, 1.82) is 0 Å². The number of unbranched alkanes of at least 4 members (excludes halogenated alkanes) is 1. The monoisotopic (exact) mass is 307 g/mol. The standard InChI is InChI=1S/C17H25NO2S/c1-2-3-4-14-5-7-15(8-6-14)11-16(19)18-12-17(20)9-10-21-13-17/h5-8,20H,2-4,9-13H2,1H3,(H,18,19). The van der Waals surface area contributed by atoms with E-state index in [1.54, 1.807) is 11.8 Å². The van der Waals surface area contributed by atoms with Gasteiger partial charge >= 0.3 is 0 Å². The van der Waals surface area contributed by atoms with Crippen LogP contribution in [0.15, 0.2) is 24.3 Å². The zero-order valence-electron chi connectivity index (χ0n) is 12.7. The fraction of sp³-hybridized carbons (Fsp3) is 0.588. The van der Waals surface area contributed by atoms with Crippen LogP contribution in [0.4, 0.5) is 0 Å². The molecule has 0 bridgehead atoms. The number of carbonyl (C=O) groups excluding carboxylic acids is 1. The Labute approximate surface area is 131 Å². The Hall–Kier alpha value is -1.00. The van der Waals surface area contributed by atoms with Gasteiger partial charge in [-0.3, -0.25) is 4.79 Å². The van der Waals surface area contributed by atoms with Crippen molar-refractivity contribution < 1.29 is 9.90 Å². The largest absolute Gasteiger partial charge is 0.387 e. The zero-order chi connectivity index (χ0) is 15.1. The van der Waals surface area contributed by atoms with Gasteiger partial charge in [0.15, 0.2) is 0 Å². The van der Waals surface area contributed by atoms with E-state index in [2.05, 4.69) is 24.4 Å². The summed E-state index contributed by atoms with van der Waals surface area (Å²) in [6, 6.07) is 8.29. The van der Waals surface area contributed by atoms with Gasteiger partial charge in [-0.2, -0.15) is 11.8 Å². The van der Waals surface area contributed by atoms with E-state index in [9.17, 15) is 9.90 Å². The fourth-order valence-corrected chi connectivity index (χ4v) is 3.75. The maximum atomic E-state index is 11.9. The Bertz CT molecular complexity index is 452. The first-order valence-corrected chi connectivity index (χ1v) is 8.91. The molecule has 1 fully saturated rings. The number of benzene rings is 1. The summed E-state index contributed by atoms with van der Waals surface area (Å²) >= 11 is 1.74. The lowest BCUT2D eigenvalue weighted by atomic mass is 10.0. The van der Waals surface area contributed by atoms with E-state index in [1.807, 2.05) is 12.1 Å². The molecule has 4 heteroatoms. The summed E-state index contributed by atoms with van der Waals surface area (Å²) in [4.78, 5) is 11.9. The van der Waals surface area contributed by atoms with Gasteiger partial charge in [0.05, 0.1) is 12.0 Å². The molecule has 3 nitrogen and oxygen atoms in total. The highest BCUT2D eigenvalue weighted by molar-refractivity contribution is 7.99. The number of carbonyl (C=O) groups is 1. The van der Waals surface area contributed by atoms with Crippen LogP contribution in [0.5, 0.6) is 0 Å². The lowest BCUT2D eigenvalue weighted by Crippen LogP contribution is -2.43. The average Bonchev–Trinajstić information content (AvgIpc) is 2.92. The molecule has 0 aliphatic carbocycles. The molecule has 1 aromatic carbocycles. The van der Waals surface area contributed by atoms with Crippen molar-refractivity contribution in [1.82, 2.24) is 5.32 Å². The Morgan fingerprint density at radius 2 is 2.05 bits per heavy atom. The smallest absolute Gasteiger partial charge is 0.224 e. The molecule has 1 saturated heterocycles. The van der Waals surface area contributed by atoms with Crippen molar-refractivity contribution in [2.45, 2.75) is 44.6 Å². The van der Waals surface area contributed by atoms with E-state index in [-0.39, 0.29) is 5.91 Å². The molecule has 0 spiro atoms. The highest BCUT2D eigenvalue weighted by Crippen LogP contribution is 2.26. The maximum absolute atomic E-state index is 11.9. The van der Waals surface area contributed by atoms with E-state index in [4.69, 9.17) is 0 Å². The van der Waals surface area contributed by atoms with Crippen molar-refractivity contribution in [2.75, 3.05) is 18.1 Å². The molecule has 0 saturated carbocycles. The van der Waals surface area contributed by atoms with Crippen molar-refractivity contribution in [3.63, 3.8) is 0 Å². The molecule has 21 heavy (non-hydrogen) atoms. The number of thioether (sulfide) groups is 1. The van der Waals surface area contributed by atoms with Crippen molar-refractivity contribution >= 4 is 17.7 Å². The van der Waals surface area contributed by atoms with Gasteiger partial charge in [-0.15, -0.1) is 0 Å². The summed E-state index contributed by atoms with van der Waals surface area (Å²) in [5.41, 5.74) is 1.66. The van der Waals surface area contributed by atoms with Gasteiger partial charge in [0.25, 0.3) is 0 Å². The van der Waals surface area contributed by atoms with Gasteiger partial charge in [0, 0.05) is 12.3 Å². The highest BCUT2D eigenvalue weighted by Gasteiger charge is 2.31.